The maximum Gasteiger partial charge on any atom is 0.232 e. The molecular formula is C10H12N4O3. The molecule has 0 unspecified atom stereocenters. The van der Waals surface area contributed by atoms with Gasteiger partial charge in [-0.25, -0.2) is 4.98 Å². The predicted molar refractivity (Wildman–Crippen MR) is 59.7 cm³/mol. The minimum absolute atomic E-state index is 0.373. The van der Waals surface area contributed by atoms with Crippen molar-refractivity contribution in [2.75, 3.05) is 14.2 Å². The Morgan fingerprint density at radius 1 is 1.35 bits per heavy atom. The van der Waals surface area contributed by atoms with Gasteiger partial charge in [0.25, 0.3) is 0 Å². The summed E-state index contributed by atoms with van der Waals surface area (Å²) in [5.41, 5.74) is 1.53. The van der Waals surface area contributed by atoms with Gasteiger partial charge in [0.05, 0.1) is 37.0 Å². The van der Waals surface area contributed by atoms with Crippen molar-refractivity contribution in [1.29, 1.82) is 0 Å². The van der Waals surface area contributed by atoms with Crippen LogP contribution in [0.5, 0.6) is 5.88 Å². The standard InChI is InChI=1S/C9H8N4O2.CH4O/c1-15-9-4-10-3-7(12-9)6-2-11-13-8(6)5-14;1-2/h2-5H,1H3,(H,11,13);2H,1H3. The smallest absolute Gasteiger partial charge is 0.232 e. The highest BCUT2D eigenvalue weighted by atomic mass is 16.5. The Balaban J connectivity index is 0.000000686. The number of ether oxygens (including phenoxy) is 1. The van der Waals surface area contributed by atoms with Crippen LogP contribution >= 0.6 is 0 Å². The quantitative estimate of drug-likeness (QED) is 0.743. The van der Waals surface area contributed by atoms with Gasteiger partial charge in [0.1, 0.15) is 5.69 Å². The number of hydrogen-bond donors (Lipinski definition) is 2. The van der Waals surface area contributed by atoms with E-state index in [0.717, 1.165) is 7.11 Å². The Morgan fingerprint density at radius 3 is 2.76 bits per heavy atom. The summed E-state index contributed by atoms with van der Waals surface area (Å²) in [4.78, 5) is 18.7. The fourth-order valence-corrected chi connectivity index (χ4v) is 1.17. The minimum Gasteiger partial charge on any atom is -0.480 e. The highest BCUT2D eigenvalue weighted by Gasteiger charge is 2.09. The third-order valence-corrected chi connectivity index (χ3v) is 1.88. The average molecular weight is 236 g/mol. The number of aromatic amines is 1. The first-order valence-electron chi connectivity index (χ1n) is 4.65. The fraction of sp³-hybridized carbons (Fsp3) is 0.200. The van der Waals surface area contributed by atoms with E-state index in [1.165, 1.54) is 19.5 Å². The van der Waals surface area contributed by atoms with E-state index in [-0.39, 0.29) is 0 Å². The van der Waals surface area contributed by atoms with Gasteiger partial charge in [-0.3, -0.25) is 14.9 Å². The molecule has 0 aliphatic carbocycles. The number of carbonyl (C=O) groups is 1. The summed E-state index contributed by atoms with van der Waals surface area (Å²) < 4.78 is 4.93. The van der Waals surface area contributed by atoms with Crippen LogP contribution < -0.4 is 4.74 Å². The normalized spacial score (nSPS) is 9.12. The summed E-state index contributed by atoms with van der Waals surface area (Å²) in [6.45, 7) is 0. The second-order valence-corrected chi connectivity index (χ2v) is 2.76. The van der Waals surface area contributed by atoms with Gasteiger partial charge in [0, 0.05) is 7.11 Å². The van der Waals surface area contributed by atoms with E-state index < -0.39 is 0 Å². The molecule has 2 heterocycles. The largest absolute Gasteiger partial charge is 0.480 e. The van der Waals surface area contributed by atoms with E-state index in [0.29, 0.717) is 29.1 Å². The molecule has 2 aromatic rings. The molecule has 0 atom stereocenters. The van der Waals surface area contributed by atoms with Crippen LogP contribution in [-0.2, 0) is 0 Å². The lowest BCUT2D eigenvalue weighted by Gasteiger charge is -2.00. The third-order valence-electron chi connectivity index (χ3n) is 1.88. The van der Waals surface area contributed by atoms with Crippen molar-refractivity contribution in [3.63, 3.8) is 0 Å². The molecule has 0 spiro atoms. The molecule has 0 bridgehead atoms. The van der Waals surface area contributed by atoms with E-state index in [2.05, 4.69) is 20.2 Å². The van der Waals surface area contributed by atoms with Gasteiger partial charge in [-0.15, -0.1) is 0 Å². The zero-order valence-corrected chi connectivity index (χ0v) is 9.41. The SMILES string of the molecule is CO.COc1cncc(-c2cn[nH]c2C=O)n1. The number of aliphatic hydroxyl groups is 1. The molecule has 0 aliphatic heterocycles. The van der Waals surface area contributed by atoms with Crippen molar-refractivity contribution in [3.8, 4) is 17.1 Å². The summed E-state index contributed by atoms with van der Waals surface area (Å²) in [5.74, 6) is 0.394. The van der Waals surface area contributed by atoms with E-state index in [1.807, 2.05) is 0 Å². The monoisotopic (exact) mass is 236 g/mol. The topological polar surface area (TPSA) is 101 Å². The average Bonchev–Trinajstić information content (AvgIpc) is 2.89. The molecular weight excluding hydrogens is 224 g/mol. The number of aliphatic hydroxyl groups excluding tert-OH is 1. The van der Waals surface area contributed by atoms with Crippen LogP contribution in [0.4, 0.5) is 0 Å². The number of H-pyrrole nitrogens is 1. The van der Waals surface area contributed by atoms with Gasteiger partial charge in [-0.1, -0.05) is 0 Å². The van der Waals surface area contributed by atoms with Crippen LogP contribution in [-0.4, -0.2) is 45.8 Å². The molecule has 0 aromatic carbocycles. The van der Waals surface area contributed by atoms with Crippen LogP contribution in [0.15, 0.2) is 18.6 Å². The first-order chi connectivity index (χ1) is 8.35. The number of aldehydes is 1. The molecule has 2 rings (SSSR count). The summed E-state index contributed by atoms with van der Waals surface area (Å²) in [7, 11) is 2.50. The number of carbonyl (C=O) groups excluding carboxylic acids is 1. The van der Waals surface area contributed by atoms with E-state index in [1.54, 1.807) is 6.20 Å². The number of aromatic nitrogens is 4. The number of rotatable bonds is 3. The lowest BCUT2D eigenvalue weighted by Crippen LogP contribution is -1.93. The van der Waals surface area contributed by atoms with Crippen molar-refractivity contribution in [3.05, 3.63) is 24.3 Å². The molecule has 0 fully saturated rings. The summed E-state index contributed by atoms with van der Waals surface area (Å²) in [6, 6.07) is 0. The van der Waals surface area contributed by atoms with Crippen molar-refractivity contribution in [1.82, 2.24) is 20.2 Å². The maximum atomic E-state index is 10.7. The van der Waals surface area contributed by atoms with Gasteiger partial charge in [-0.05, 0) is 0 Å². The second kappa shape index (κ2) is 6.33. The van der Waals surface area contributed by atoms with E-state index in [4.69, 9.17) is 9.84 Å². The molecule has 0 aliphatic rings. The second-order valence-electron chi connectivity index (χ2n) is 2.76. The summed E-state index contributed by atoms with van der Waals surface area (Å²) in [5, 5.41) is 13.3. The Labute approximate surface area is 97.5 Å². The molecule has 0 radical (unpaired) electrons. The zero-order chi connectivity index (χ0) is 12.7. The number of hydrogen-bond acceptors (Lipinski definition) is 6. The van der Waals surface area contributed by atoms with E-state index >= 15 is 0 Å². The molecule has 90 valence electrons. The molecule has 7 heteroatoms. The predicted octanol–water partition coefficient (Wildman–Crippen LogP) is 0.296. The van der Waals surface area contributed by atoms with Gasteiger partial charge in [-0.2, -0.15) is 5.10 Å². The highest BCUT2D eigenvalue weighted by Crippen LogP contribution is 2.19. The Morgan fingerprint density at radius 2 is 2.12 bits per heavy atom. The zero-order valence-electron chi connectivity index (χ0n) is 9.41. The van der Waals surface area contributed by atoms with Crippen LogP contribution in [0, 0.1) is 0 Å². The molecule has 2 aromatic heterocycles. The minimum atomic E-state index is 0.373. The molecule has 17 heavy (non-hydrogen) atoms. The molecule has 0 saturated carbocycles. The number of nitrogens with zero attached hydrogens (tertiary/aromatic N) is 3. The highest BCUT2D eigenvalue weighted by molar-refractivity contribution is 5.83. The molecule has 0 amide bonds. The lowest BCUT2D eigenvalue weighted by atomic mass is 10.2. The van der Waals surface area contributed by atoms with Crippen molar-refractivity contribution < 1.29 is 14.6 Å². The van der Waals surface area contributed by atoms with Crippen molar-refractivity contribution in [2.45, 2.75) is 0 Å². The Hall–Kier alpha value is -2.28. The summed E-state index contributed by atoms with van der Waals surface area (Å²) >= 11 is 0. The molecule has 7 nitrogen and oxygen atoms in total. The van der Waals surface area contributed by atoms with Crippen LogP contribution in [0.2, 0.25) is 0 Å². The third kappa shape index (κ3) is 2.85. The van der Waals surface area contributed by atoms with Gasteiger partial charge >= 0.3 is 0 Å². The van der Waals surface area contributed by atoms with Crippen molar-refractivity contribution in [2.24, 2.45) is 0 Å². The Kier molecular flexibility index (Phi) is 4.77. The van der Waals surface area contributed by atoms with E-state index in [9.17, 15) is 4.79 Å². The Bertz CT molecular complexity index is 484. The number of methoxy groups -OCH3 is 1. The van der Waals surface area contributed by atoms with Crippen LogP contribution in [0.1, 0.15) is 10.5 Å². The first-order valence-corrected chi connectivity index (χ1v) is 4.65. The lowest BCUT2D eigenvalue weighted by molar-refractivity contribution is 0.111. The van der Waals surface area contributed by atoms with Gasteiger partial charge in [0.15, 0.2) is 6.29 Å². The number of nitrogens with one attached hydrogen (secondary N) is 1. The van der Waals surface area contributed by atoms with Gasteiger partial charge < -0.3 is 9.84 Å². The molecule has 0 saturated heterocycles. The van der Waals surface area contributed by atoms with Crippen LogP contribution in [0.3, 0.4) is 0 Å². The van der Waals surface area contributed by atoms with Crippen LogP contribution in [0.25, 0.3) is 11.3 Å². The maximum absolute atomic E-state index is 10.7. The fourth-order valence-electron chi connectivity index (χ4n) is 1.17. The molecule has 2 N–H and O–H groups in total. The van der Waals surface area contributed by atoms with Gasteiger partial charge in [0.2, 0.25) is 5.88 Å². The first kappa shape index (κ1) is 12.8. The summed E-state index contributed by atoms with van der Waals surface area (Å²) in [6.07, 6.45) is 5.24. The van der Waals surface area contributed by atoms with Crippen molar-refractivity contribution >= 4 is 6.29 Å².